The minimum Gasteiger partial charge on any atom is -0.485 e. The number of ether oxygens (including phenoxy) is 2. The van der Waals surface area contributed by atoms with Crippen LogP contribution in [-0.4, -0.2) is 28.4 Å². The van der Waals surface area contributed by atoms with E-state index in [-0.39, 0.29) is 12.6 Å². The van der Waals surface area contributed by atoms with Crippen LogP contribution in [0.1, 0.15) is 49.6 Å². The number of benzene rings is 3. The van der Waals surface area contributed by atoms with E-state index in [0.29, 0.717) is 43.5 Å². The SMILES string of the molecule is CCOC(=O)CCCC/C(=N/OCc1ccc(OCc2noc(-c3ccccc3)n2)cc1)c1ccccc1. The Kier molecular flexibility index (Phi) is 10.0. The van der Waals surface area contributed by atoms with Gasteiger partial charge in [0.05, 0.1) is 12.3 Å². The van der Waals surface area contributed by atoms with Crippen molar-refractivity contribution in [3.05, 3.63) is 102 Å². The maximum absolute atomic E-state index is 11.6. The van der Waals surface area contributed by atoms with Crippen molar-refractivity contribution >= 4 is 11.7 Å². The number of hydrogen-bond acceptors (Lipinski definition) is 8. The second-order valence-corrected chi connectivity index (χ2v) is 8.50. The lowest BCUT2D eigenvalue weighted by Crippen LogP contribution is -2.05. The molecule has 0 saturated heterocycles. The molecule has 38 heavy (non-hydrogen) atoms. The molecule has 0 atom stereocenters. The van der Waals surface area contributed by atoms with E-state index in [1.165, 1.54) is 0 Å². The van der Waals surface area contributed by atoms with Crippen LogP contribution >= 0.6 is 0 Å². The largest absolute Gasteiger partial charge is 0.485 e. The molecule has 0 fully saturated rings. The second-order valence-electron chi connectivity index (χ2n) is 8.50. The summed E-state index contributed by atoms with van der Waals surface area (Å²) in [6, 6.07) is 27.1. The molecule has 4 aromatic rings. The number of carbonyl (C=O) groups is 1. The summed E-state index contributed by atoms with van der Waals surface area (Å²) in [5, 5.41) is 8.39. The molecule has 4 rings (SSSR count). The molecule has 0 amide bonds. The van der Waals surface area contributed by atoms with Crippen molar-refractivity contribution in [2.24, 2.45) is 5.16 Å². The van der Waals surface area contributed by atoms with Crippen molar-refractivity contribution in [1.29, 1.82) is 0 Å². The number of hydrogen-bond donors (Lipinski definition) is 0. The first-order valence-electron chi connectivity index (χ1n) is 12.7. The Hall–Kier alpha value is -4.46. The number of unbranched alkanes of at least 4 members (excludes halogenated alkanes) is 1. The first kappa shape index (κ1) is 26.6. The zero-order valence-electron chi connectivity index (χ0n) is 21.4. The number of rotatable bonds is 14. The lowest BCUT2D eigenvalue weighted by Gasteiger charge is -2.08. The Morgan fingerprint density at radius 3 is 2.32 bits per heavy atom. The third kappa shape index (κ3) is 8.30. The lowest BCUT2D eigenvalue weighted by molar-refractivity contribution is -0.143. The van der Waals surface area contributed by atoms with Gasteiger partial charge in [0.1, 0.15) is 12.4 Å². The summed E-state index contributed by atoms with van der Waals surface area (Å²) < 4.78 is 16.1. The first-order chi connectivity index (χ1) is 18.7. The third-order valence-corrected chi connectivity index (χ3v) is 5.64. The van der Waals surface area contributed by atoms with Gasteiger partial charge in [0.2, 0.25) is 5.82 Å². The Morgan fingerprint density at radius 2 is 1.58 bits per heavy atom. The van der Waals surface area contributed by atoms with E-state index in [0.717, 1.165) is 35.2 Å². The number of nitrogens with zero attached hydrogens (tertiary/aromatic N) is 3. The molecular formula is C30H31N3O5. The average molecular weight is 514 g/mol. The lowest BCUT2D eigenvalue weighted by atomic mass is 10.0. The van der Waals surface area contributed by atoms with Crippen LogP contribution in [0, 0.1) is 0 Å². The fraction of sp³-hybridized carbons (Fsp3) is 0.267. The van der Waals surface area contributed by atoms with Crippen LogP contribution in [0.2, 0.25) is 0 Å². The topological polar surface area (TPSA) is 96.0 Å². The van der Waals surface area contributed by atoms with Crippen molar-refractivity contribution in [1.82, 2.24) is 10.1 Å². The zero-order valence-corrected chi connectivity index (χ0v) is 21.4. The van der Waals surface area contributed by atoms with Crippen LogP contribution < -0.4 is 4.74 Å². The Balaban J connectivity index is 1.26. The molecule has 8 nitrogen and oxygen atoms in total. The minimum absolute atomic E-state index is 0.163. The van der Waals surface area contributed by atoms with E-state index < -0.39 is 0 Å². The van der Waals surface area contributed by atoms with Crippen LogP contribution in [0.25, 0.3) is 11.5 Å². The van der Waals surface area contributed by atoms with Gasteiger partial charge in [-0.25, -0.2) is 0 Å². The van der Waals surface area contributed by atoms with Gasteiger partial charge in [0.25, 0.3) is 5.89 Å². The zero-order chi connectivity index (χ0) is 26.4. The molecule has 0 aliphatic carbocycles. The molecule has 0 bridgehead atoms. The molecule has 0 aliphatic rings. The van der Waals surface area contributed by atoms with Gasteiger partial charge in [-0.2, -0.15) is 4.98 Å². The maximum atomic E-state index is 11.6. The quantitative estimate of drug-likeness (QED) is 0.0838. The van der Waals surface area contributed by atoms with Crippen molar-refractivity contribution in [3.8, 4) is 17.2 Å². The van der Waals surface area contributed by atoms with E-state index in [4.69, 9.17) is 18.8 Å². The molecule has 0 aliphatic heterocycles. The van der Waals surface area contributed by atoms with Crippen molar-refractivity contribution in [2.75, 3.05) is 6.61 Å². The number of oxime groups is 1. The summed E-state index contributed by atoms with van der Waals surface area (Å²) in [6.45, 7) is 2.75. The third-order valence-electron chi connectivity index (χ3n) is 5.64. The monoisotopic (exact) mass is 513 g/mol. The van der Waals surface area contributed by atoms with Gasteiger partial charge >= 0.3 is 5.97 Å². The Labute approximate surface area is 222 Å². The van der Waals surface area contributed by atoms with Gasteiger partial charge in [-0.05, 0) is 61.6 Å². The second kappa shape index (κ2) is 14.3. The van der Waals surface area contributed by atoms with Crippen molar-refractivity contribution in [2.45, 2.75) is 45.8 Å². The minimum atomic E-state index is -0.163. The highest BCUT2D eigenvalue weighted by Crippen LogP contribution is 2.18. The van der Waals surface area contributed by atoms with E-state index >= 15 is 0 Å². The highest BCUT2D eigenvalue weighted by atomic mass is 16.6. The molecule has 0 spiro atoms. The standard InChI is InChI=1S/C30H31N3O5/c1-2-35-29(34)16-10-9-15-27(24-11-5-3-6-12-24)32-37-21-23-17-19-26(20-18-23)36-22-28-31-30(38-33-28)25-13-7-4-8-14-25/h3-8,11-14,17-20H,2,9-10,15-16,21-22H2,1H3/b32-27-. The van der Waals surface area contributed by atoms with E-state index in [1.807, 2.05) is 91.9 Å². The van der Waals surface area contributed by atoms with E-state index in [9.17, 15) is 4.79 Å². The number of esters is 1. The van der Waals surface area contributed by atoms with Crippen molar-refractivity contribution in [3.63, 3.8) is 0 Å². The van der Waals surface area contributed by atoms with Crippen LogP contribution in [0.15, 0.2) is 94.6 Å². The highest BCUT2D eigenvalue weighted by Gasteiger charge is 2.10. The van der Waals surface area contributed by atoms with Crippen LogP contribution in [0.5, 0.6) is 5.75 Å². The fourth-order valence-electron chi connectivity index (χ4n) is 3.69. The molecule has 1 heterocycles. The van der Waals surface area contributed by atoms with Gasteiger partial charge in [0, 0.05) is 12.0 Å². The maximum Gasteiger partial charge on any atom is 0.305 e. The molecule has 196 valence electrons. The van der Waals surface area contributed by atoms with E-state index in [1.54, 1.807) is 0 Å². The molecule has 3 aromatic carbocycles. The predicted molar refractivity (Wildman–Crippen MR) is 143 cm³/mol. The summed E-state index contributed by atoms with van der Waals surface area (Å²) in [5.41, 5.74) is 3.68. The number of aromatic nitrogens is 2. The Morgan fingerprint density at radius 1 is 0.868 bits per heavy atom. The van der Waals surface area contributed by atoms with Gasteiger partial charge in [-0.3, -0.25) is 4.79 Å². The number of carbonyl (C=O) groups excluding carboxylic acids is 1. The molecule has 0 N–H and O–H groups in total. The smallest absolute Gasteiger partial charge is 0.305 e. The van der Waals surface area contributed by atoms with Crippen LogP contribution in [-0.2, 0) is 27.6 Å². The first-order valence-corrected chi connectivity index (χ1v) is 12.7. The fourth-order valence-corrected chi connectivity index (χ4v) is 3.69. The van der Waals surface area contributed by atoms with E-state index in [2.05, 4.69) is 15.3 Å². The molecule has 0 radical (unpaired) electrons. The average Bonchev–Trinajstić information content (AvgIpc) is 3.44. The molecule has 1 aromatic heterocycles. The summed E-state index contributed by atoms with van der Waals surface area (Å²) in [7, 11) is 0. The molecule has 0 unspecified atom stereocenters. The van der Waals surface area contributed by atoms with Crippen LogP contribution in [0.4, 0.5) is 0 Å². The normalized spacial score (nSPS) is 11.2. The molecule has 0 saturated carbocycles. The van der Waals surface area contributed by atoms with Crippen molar-refractivity contribution < 1.29 is 23.6 Å². The van der Waals surface area contributed by atoms with Gasteiger partial charge in [0.15, 0.2) is 6.61 Å². The predicted octanol–water partition coefficient (Wildman–Crippen LogP) is 6.36. The molecule has 8 heteroatoms. The van der Waals surface area contributed by atoms with Gasteiger partial charge < -0.3 is 18.8 Å². The van der Waals surface area contributed by atoms with Crippen LogP contribution in [0.3, 0.4) is 0 Å². The highest BCUT2D eigenvalue weighted by molar-refractivity contribution is 6.00. The summed E-state index contributed by atoms with van der Waals surface area (Å²) >= 11 is 0. The summed E-state index contributed by atoms with van der Waals surface area (Å²) in [4.78, 5) is 21.7. The van der Waals surface area contributed by atoms with Gasteiger partial charge in [-0.15, -0.1) is 0 Å². The van der Waals surface area contributed by atoms with Gasteiger partial charge in [-0.1, -0.05) is 71.0 Å². The Bertz CT molecular complexity index is 1290. The summed E-state index contributed by atoms with van der Waals surface area (Å²) in [6.07, 6.45) is 2.67. The summed E-state index contributed by atoms with van der Waals surface area (Å²) in [5.74, 6) is 1.46. The molecular weight excluding hydrogens is 482 g/mol.